The predicted octanol–water partition coefficient (Wildman–Crippen LogP) is 22.4. The molecule has 0 saturated heterocycles. The van der Waals surface area contributed by atoms with Crippen LogP contribution in [0.2, 0.25) is 0 Å². The van der Waals surface area contributed by atoms with Gasteiger partial charge in [0.05, 0.1) is 25.4 Å². The third-order valence-corrected chi connectivity index (χ3v) is 16.6. The van der Waals surface area contributed by atoms with Crippen LogP contribution in [0.15, 0.2) is 12.2 Å². The van der Waals surface area contributed by atoms with E-state index in [1.165, 1.54) is 327 Å². The van der Waals surface area contributed by atoms with Crippen molar-refractivity contribution in [2.75, 3.05) is 13.2 Å². The molecule has 1 amide bonds. The van der Waals surface area contributed by atoms with Gasteiger partial charge in [0, 0.05) is 12.8 Å². The molecule has 0 aliphatic rings. The van der Waals surface area contributed by atoms with Gasteiger partial charge in [-0.3, -0.25) is 9.59 Å². The summed E-state index contributed by atoms with van der Waals surface area (Å²) < 4.78 is 5.49. The van der Waals surface area contributed by atoms with E-state index in [1.807, 2.05) is 0 Å². The number of hydrogen-bond donors (Lipinski definition) is 3. The van der Waals surface area contributed by atoms with Crippen molar-refractivity contribution in [2.45, 2.75) is 411 Å². The molecule has 76 heavy (non-hydrogen) atoms. The van der Waals surface area contributed by atoms with E-state index in [4.69, 9.17) is 4.74 Å². The Balaban J connectivity index is 3.39. The van der Waals surface area contributed by atoms with Gasteiger partial charge in [0.25, 0.3) is 0 Å². The SMILES string of the molecule is CCCCCCCCCCCCCCCCCCCCCCC(O)C(CO)NC(=O)CCCCCCCCCCC/C=C\CCCCCCCCCCCCCCOC(=O)CCCCCCCCCCCCCCCC. The van der Waals surface area contributed by atoms with Gasteiger partial charge < -0.3 is 20.3 Å². The van der Waals surface area contributed by atoms with E-state index >= 15 is 0 Å². The van der Waals surface area contributed by atoms with Gasteiger partial charge in [0.1, 0.15) is 0 Å². The van der Waals surface area contributed by atoms with Crippen molar-refractivity contribution in [1.29, 1.82) is 0 Å². The van der Waals surface area contributed by atoms with Crippen LogP contribution in [0.25, 0.3) is 0 Å². The van der Waals surface area contributed by atoms with Crippen LogP contribution in [0.4, 0.5) is 0 Å². The van der Waals surface area contributed by atoms with Crippen molar-refractivity contribution in [2.24, 2.45) is 0 Å². The van der Waals surface area contributed by atoms with Gasteiger partial charge in [-0.1, -0.05) is 347 Å². The van der Waals surface area contributed by atoms with Crippen LogP contribution in [0.1, 0.15) is 399 Å². The zero-order valence-corrected chi connectivity index (χ0v) is 51.8. The molecule has 3 N–H and O–H groups in total. The molecular formula is C70H137NO5. The molecule has 0 aromatic carbocycles. The highest BCUT2D eigenvalue weighted by molar-refractivity contribution is 5.76. The molecule has 0 radical (unpaired) electrons. The zero-order valence-electron chi connectivity index (χ0n) is 51.8. The molecule has 0 bridgehead atoms. The summed E-state index contributed by atoms with van der Waals surface area (Å²) in [4.78, 5) is 24.6. The Kier molecular flexibility index (Phi) is 64.9. The second kappa shape index (κ2) is 66.1. The Morgan fingerprint density at radius 2 is 0.618 bits per heavy atom. The van der Waals surface area contributed by atoms with Crippen molar-refractivity contribution in [3.8, 4) is 0 Å². The number of allylic oxidation sites excluding steroid dienone is 2. The van der Waals surface area contributed by atoms with E-state index in [0.29, 0.717) is 25.9 Å². The molecule has 0 rings (SSSR count). The fourth-order valence-corrected chi connectivity index (χ4v) is 11.2. The maximum Gasteiger partial charge on any atom is 0.305 e. The molecule has 0 spiro atoms. The van der Waals surface area contributed by atoms with E-state index in [2.05, 4.69) is 31.3 Å². The highest BCUT2D eigenvalue weighted by Crippen LogP contribution is 2.19. The number of nitrogens with one attached hydrogen (secondary N) is 1. The molecule has 6 nitrogen and oxygen atoms in total. The lowest BCUT2D eigenvalue weighted by molar-refractivity contribution is -0.143. The first-order valence-corrected chi connectivity index (χ1v) is 34.9. The quantitative estimate of drug-likeness (QED) is 0.0320. The number of carbonyl (C=O) groups excluding carboxylic acids is 2. The Bertz CT molecular complexity index is 1140. The fraction of sp³-hybridized carbons (Fsp3) is 0.943. The summed E-state index contributed by atoms with van der Waals surface area (Å²) in [7, 11) is 0. The molecule has 0 aliphatic carbocycles. The molecule has 452 valence electrons. The number of hydrogen-bond acceptors (Lipinski definition) is 5. The normalized spacial score (nSPS) is 12.5. The summed E-state index contributed by atoms with van der Waals surface area (Å²) in [5, 5.41) is 23.4. The Morgan fingerprint density at radius 3 is 0.934 bits per heavy atom. The number of unbranched alkanes of at least 4 members (excludes halogenated alkanes) is 53. The van der Waals surface area contributed by atoms with Gasteiger partial charge in [0.15, 0.2) is 0 Å². The highest BCUT2D eigenvalue weighted by atomic mass is 16.5. The zero-order chi connectivity index (χ0) is 55.0. The first-order chi connectivity index (χ1) is 37.5. The lowest BCUT2D eigenvalue weighted by Gasteiger charge is -2.22. The molecule has 0 aliphatic heterocycles. The third-order valence-electron chi connectivity index (χ3n) is 16.6. The van der Waals surface area contributed by atoms with Gasteiger partial charge in [0.2, 0.25) is 5.91 Å². The maximum atomic E-state index is 12.5. The number of aliphatic hydroxyl groups is 2. The van der Waals surface area contributed by atoms with E-state index in [-0.39, 0.29) is 18.5 Å². The Labute approximate surface area is 476 Å². The van der Waals surface area contributed by atoms with Gasteiger partial charge in [-0.05, 0) is 51.4 Å². The molecule has 0 heterocycles. The van der Waals surface area contributed by atoms with Crippen molar-refractivity contribution in [1.82, 2.24) is 5.32 Å². The highest BCUT2D eigenvalue weighted by Gasteiger charge is 2.20. The minimum atomic E-state index is -0.666. The summed E-state index contributed by atoms with van der Waals surface area (Å²) in [6.07, 6.45) is 81.1. The van der Waals surface area contributed by atoms with Crippen LogP contribution in [-0.4, -0.2) is 47.4 Å². The van der Waals surface area contributed by atoms with Gasteiger partial charge in [-0.25, -0.2) is 0 Å². The topological polar surface area (TPSA) is 95.9 Å². The average molecular weight is 1070 g/mol. The van der Waals surface area contributed by atoms with Crippen LogP contribution in [-0.2, 0) is 14.3 Å². The molecule has 6 heteroatoms. The number of ether oxygens (including phenoxy) is 1. The van der Waals surface area contributed by atoms with Crippen LogP contribution >= 0.6 is 0 Å². The number of aliphatic hydroxyl groups excluding tert-OH is 2. The molecule has 0 fully saturated rings. The number of esters is 1. The van der Waals surface area contributed by atoms with Gasteiger partial charge in [-0.2, -0.15) is 0 Å². The smallest absolute Gasteiger partial charge is 0.305 e. The fourth-order valence-electron chi connectivity index (χ4n) is 11.2. The Morgan fingerprint density at radius 1 is 0.355 bits per heavy atom. The molecule has 0 saturated carbocycles. The maximum absolute atomic E-state index is 12.5. The van der Waals surface area contributed by atoms with Gasteiger partial charge >= 0.3 is 5.97 Å². The third kappa shape index (κ3) is 61.8. The second-order valence-electron chi connectivity index (χ2n) is 24.2. The second-order valence-corrected chi connectivity index (χ2v) is 24.2. The molecule has 2 atom stereocenters. The first-order valence-electron chi connectivity index (χ1n) is 34.9. The first kappa shape index (κ1) is 74.6. The standard InChI is InChI=1S/C70H137NO5/c1-3-5-7-9-11-13-15-17-19-20-21-29-32-35-38-42-46-50-54-58-62-68(73)67(66-72)71-69(74)63-59-55-51-47-43-39-36-33-30-27-25-23-22-24-26-28-31-34-37-41-45-49-53-57-61-65-76-70(75)64-60-56-52-48-44-40-18-16-14-12-10-8-6-4-2/h23,25,67-68,72-73H,3-22,24,26-66H2,1-2H3,(H,71,74)/b25-23-. The van der Waals surface area contributed by atoms with Crippen LogP contribution < -0.4 is 5.32 Å². The summed E-state index contributed by atoms with van der Waals surface area (Å²) in [5.41, 5.74) is 0. The molecular weight excluding hydrogens is 935 g/mol. The van der Waals surface area contributed by atoms with Crippen molar-refractivity contribution in [3.05, 3.63) is 12.2 Å². The summed E-state index contributed by atoms with van der Waals surface area (Å²) in [5.74, 6) is -0.0167. The largest absolute Gasteiger partial charge is 0.466 e. The number of carbonyl (C=O) groups is 2. The minimum absolute atomic E-state index is 0.0168. The molecule has 0 aromatic heterocycles. The molecule has 0 aromatic rings. The van der Waals surface area contributed by atoms with E-state index in [9.17, 15) is 19.8 Å². The summed E-state index contributed by atoms with van der Waals surface area (Å²) in [6, 6.07) is -0.544. The number of rotatable bonds is 66. The van der Waals surface area contributed by atoms with Crippen molar-refractivity contribution < 1.29 is 24.5 Å². The van der Waals surface area contributed by atoms with Crippen LogP contribution in [0.3, 0.4) is 0 Å². The van der Waals surface area contributed by atoms with Crippen molar-refractivity contribution in [3.63, 3.8) is 0 Å². The summed E-state index contributed by atoms with van der Waals surface area (Å²) in [6.45, 7) is 5.00. The lowest BCUT2D eigenvalue weighted by Crippen LogP contribution is -2.45. The minimum Gasteiger partial charge on any atom is -0.466 e. The lowest BCUT2D eigenvalue weighted by atomic mass is 10.0. The predicted molar refractivity (Wildman–Crippen MR) is 333 cm³/mol. The molecule has 2 unspecified atom stereocenters. The van der Waals surface area contributed by atoms with E-state index in [0.717, 1.165) is 38.5 Å². The van der Waals surface area contributed by atoms with Crippen molar-refractivity contribution >= 4 is 11.9 Å². The van der Waals surface area contributed by atoms with E-state index < -0.39 is 12.1 Å². The Hall–Kier alpha value is -1.40. The van der Waals surface area contributed by atoms with E-state index in [1.54, 1.807) is 0 Å². The van der Waals surface area contributed by atoms with Crippen LogP contribution in [0.5, 0.6) is 0 Å². The number of amides is 1. The summed E-state index contributed by atoms with van der Waals surface area (Å²) >= 11 is 0. The van der Waals surface area contributed by atoms with Gasteiger partial charge in [-0.15, -0.1) is 0 Å². The average Bonchev–Trinajstić information content (AvgIpc) is 3.42. The van der Waals surface area contributed by atoms with Crippen LogP contribution in [0, 0.1) is 0 Å². The monoisotopic (exact) mass is 1070 g/mol.